The van der Waals surface area contributed by atoms with Gasteiger partial charge < -0.3 is 5.32 Å². The Balaban J connectivity index is 2.01. The summed E-state index contributed by atoms with van der Waals surface area (Å²) in [4.78, 5) is 15.5. The highest BCUT2D eigenvalue weighted by Gasteiger charge is 2.07. The molecule has 0 atom stereocenters. The molecule has 0 radical (unpaired) electrons. The van der Waals surface area contributed by atoms with E-state index in [0.717, 1.165) is 0 Å². The first kappa shape index (κ1) is 12.5. The summed E-state index contributed by atoms with van der Waals surface area (Å²) in [6.45, 7) is 0.133. The highest BCUT2D eigenvalue weighted by atomic mass is 35.5. The average molecular weight is 265 g/mol. The third kappa shape index (κ3) is 3.05. The lowest BCUT2D eigenvalue weighted by molar-refractivity contribution is 0.0950. The Kier molecular flexibility index (Phi) is 3.89. The number of hydrogen-bond donors (Lipinski definition) is 1. The molecule has 92 valence electrons. The van der Waals surface area contributed by atoms with Crippen LogP contribution >= 0.6 is 11.6 Å². The van der Waals surface area contributed by atoms with Crippen LogP contribution in [0.1, 0.15) is 15.9 Å². The molecule has 1 amide bonds. The third-order valence-corrected chi connectivity index (χ3v) is 2.61. The molecule has 1 N–H and O–H groups in total. The average Bonchev–Trinajstić information content (AvgIpc) is 2.38. The van der Waals surface area contributed by atoms with Gasteiger partial charge in [0.1, 0.15) is 11.0 Å². The van der Waals surface area contributed by atoms with Gasteiger partial charge in [0.05, 0.1) is 5.56 Å². The molecule has 2 aromatic rings. The molecule has 0 aliphatic carbocycles. The summed E-state index contributed by atoms with van der Waals surface area (Å²) < 4.78 is 13.3. The van der Waals surface area contributed by atoms with E-state index in [1.807, 2.05) is 0 Å². The lowest BCUT2D eigenvalue weighted by atomic mass is 10.2. The Morgan fingerprint density at radius 3 is 2.72 bits per heavy atom. The van der Waals surface area contributed by atoms with Gasteiger partial charge in [0.25, 0.3) is 5.91 Å². The topological polar surface area (TPSA) is 42.0 Å². The molecule has 0 spiro atoms. The van der Waals surface area contributed by atoms with Gasteiger partial charge >= 0.3 is 0 Å². The quantitative estimate of drug-likeness (QED) is 0.866. The van der Waals surface area contributed by atoms with E-state index in [-0.39, 0.29) is 18.3 Å². The Bertz CT molecular complexity index is 557. The first-order valence-electron chi connectivity index (χ1n) is 5.30. The number of carbonyl (C=O) groups is 1. The number of pyridine rings is 1. The van der Waals surface area contributed by atoms with Crippen LogP contribution in [0.4, 0.5) is 4.39 Å². The second kappa shape index (κ2) is 5.60. The number of carbonyl (C=O) groups excluding carboxylic acids is 1. The van der Waals surface area contributed by atoms with Gasteiger partial charge in [-0.25, -0.2) is 9.37 Å². The SMILES string of the molecule is O=C(NCc1ccccc1F)c1ccc(Cl)nc1. The molecule has 1 heterocycles. The molecular weight excluding hydrogens is 255 g/mol. The number of amides is 1. The minimum atomic E-state index is -0.341. The van der Waals surface area contributed by atoms with E-state index >= 15 is 0 Å². The van der Waals surface area contributed by atoms with Crippen LogP contribution in [-0.4, -0.2) is 10.9 Å². The van der Waals surface area contributed by atoms with E-state index in [0.29, 0.717) is 16.3 Å². The van der Waals surface area contributed by atoms with Gasteiger partial charge in [-0.1, -0.05) is 29.8 Å². The fourth-order valence-electron chi connectivity index (χ4n) is 1.43. The fourth-order valence-corrected chi connectivity index (χ4v) is 1.54. The zero-order chi connectivity index (χ0) is 13.0. The Hall–Kier alpha value is -1.94. The number of nitrogens with one attached hydrogen (secondary N) is 1. The molecule has 0 saturated carbocycles. The second-order valence-corrected chi connectivity index (χ2v) is 4.03. The van der Waals surface area contributed by atoms with Crippen molar-refractivity contribution in [2.75, 3.05) is 0 Å². The van der Waals surface area contributed by atoms with Crippen LogP contribution in [0, 0.1) is 5.82 Å². The first-order valence-corrected chi connectivity index (χ1v) is 5.68. The predicted octanol–water partition coefficient (Wildman–Crippen LogP) is 2.80. The summed E-state index contributed by atoms with van der Waals surface area (Å²) in [6.07, 6.45) is 1.37. The smallest absolute Gasteiger partial charge is 0.253 e. The summed E-state index contributed by atoms with van der Waals surface area (Å²) >= 11 is 5.62. The van der Waals surface area contributed by atoms with Crippen LogP contribution in [0.3, 0.4) is 0 Å². The molecule has 18 heavy (non-hydrogen) atoms. The van der Waals surface area contributed by atoms with E-state index in [1.54, 1.807) is 24.3 Å². The highest BCUT2D eigenvalue weighted by molar-refractivity contribution is 6.29. The van der Waals surface area contributed by atoms with Crippen LogP contribution in [0.5, 0.6) is 0 Å². The first-order chi connectivity index (χ1) is 8.66. The van der Waals surface area contributed by atoms with E-state index in [1.165, 1.54) is 18.3 Å². The normalized spacial score (nSPS) is 10.1. The van der Waals surface area contributed by atoms with Crippen molar-refractivity contribution in [2.45, 2.75) is 6.54 Å². The van der Waals surface area contributed by atoms with Gasteiger partial charge in [-0.2, -0.15) is 0 Å². The molecule has 0 aliphatic rings. The molecule has 1 aromatic carbocycles. The second-order valence-electron chi connectivity index (χ2n) is 3.64. The van der Waals surface area contributed by atoms with Gasteiger partial charge in [-0.05, 0) is 18.2 Å². The number of rotatable bonds is 3. The monoisotopic (exact) mass is 264 g/mol. The van der Waals surface area contributed by atoms with Crippen LogP contribution in [0.25, 0.3) is 0 Å². The van der Waals surface area contributed by atoms with Gasteiger partial charge in [0.2, 0.25) is 0 Å². The van der Waals surface area contributed by atoms with E-state index in [9.17, 15) is 9.18 Å². The molecule has 0 bridgehead atoms. The summed E-state index contributed by atoms with van der Waals surface area (Å²) in [7, 11) is 0. The van der Waals surface area contributed by atoms with Crippen LogP contribution < -0.4 is 5.32 Å². The van der Waals surface area contributed by atoms with Crippen molar-refractivity contribution in [3.63, 3.8) is 0 Å². The lowest BCUT2D eigenvalue weighted by Crippen LogP contribution is -2.23. The molecule has 2 rings (SSSR count). The molecule has 0 unspecified atom stereocenters. The molecular formula is C13H10ClFN2O. The van der Waals surface area contributed by atoms with Gasteiger partial charge in [-0.15, -0.1) is 0 Å². The minimum Gasteiger partial charge on any atom is -0.348 e. The zero-order valence-corrected chi connectivity index (χ0v) is 10.1. The third-order valence-electron chi connectivity index (χ3n) is 2.39. The lowest BCUT2D eigenvalue weighted by Gasteiger charge is -2.06. The minimum absolute atomic E-state index is 0.133. The number of nitrogens with zero attached hydrogens (tertiary/aromatic N) is 1. The molecule has 3 nitrogen and oxygen atoms in total. The van der Waals surface area contributed by atoms with Crippen LogP contribution in [0.2, 0.25) is 5.15 Å². The highest BCUT2D eigenvalue weighted by Crippen LogP contribution is 2.07. The zero-order valence-electron chi connectivity index (χ0n) is 9.36. The Labute approximate surface area is 109 Å². The van der Waals surface area contributed by atoms with Crippen molar-refractivity contribution in [1.82, 2.24) is 10.3 Å². The molecule has 1 aromatic heterocycles. The van der Waals surface area contributed by atoms with Crippen LogP contribution in [0.15, 0.2) is 42.6 Å². The number of benzene rings is 1. The van der Waals surface area contributed by atoms with Gasteiger partial charge in [-0.3, -0.25) is 4.79 Å². The van der Waals surface area contributed by atoms with Crippen molar-refractivity contribution in [3.05, 3.63) is 64.7 Å². The molecule has 0 fully saturated rings. The van der Waals surface area contributed by atoms with Crippen molar-refractivity contribution < 1.29 is 9.18 Å². The van der Waals surface area contributed by atoms with E-state index in [4.69, 9.17) is 11.6 Å². The number of aromatic nitrogens is 1. The molecule has 5 heteroatoms. The van der Waals surface area contributed by atoms with Crippen molar-refractivity contribution in [2.24, 2.45) is 0 Å². The summed E-state index contributed by atoms with van der Waals surface area (Å²) in [5.74, 6) is -0.658. The van der Waals surface area contributed by atoms with Crippen molar-refractivity contribution in [3.8, 4) is 0 Å². The maximum atomic E-state index is 13.3. The van der Waals surface area contributed by atoms with Gasteiger partial charge in [0.15, 0.2) is 0 Å². The maximum absolute atomic E-state index is 13.3. The largest absolute Gasteiger partial charge is 0.348 e. The number of halogens is 2. The summed E-state index contributed by atoms with van der Waals surface area (Å²) in [5.41, 5.74) is 0.823. The Morgan fingerprint density at radius 1 is 1.28 bits per heavy atom. The Morgan fingerprint density at radius 2 is 2.06 bits per heavy atom. The van der Waals surface area contributed by atoms with Crippen molar-refractivity contribution >= 4 is 17.5 Å². The van der Waals surface area contributed by atoms with Crippen LogP contribution in [-0.2, 0) is 6.54 Å². The molecule has 0 saturated heterocycles. The van der Waals surface area contributed by atoms with Crippen molar-refractivity contribution in [1.29, 1.82) is 0 Å². The summed E-state index contributed by atoms with van der Waals surface area (Å²) in [6, 6.07) is 9.38. The predicted molar refractivity (Wildman–Crippen MR) is 66.8 cm³/mol. The maximum Gasteiger partial charge on any atom is 0.253 e. The van der Waals surface area contributed by atoms with E-state index in [2.05, 4.69) is 10.3 Å². The molecule has 0 aliphatic heterocycles. The van der Waals surface area contributed by atoms with Gasteiger partial charge in [0, 0.05) is 18.3 Å². The fraction of sp³-hybridized carbons (Fsp3) is 0.0769. The number of hydrogen-bond acceptors (Lipinski definition) is 2. The standard InChI is InChI=1S/C13H10ClFN2O/c14-12-6-5-10(8-16-12)13(18)17-7-9-3-1-2-4-11(9)15/h1-6,8H,7H2,(H,17,18). The van der Waals surface area contributed by atoms with E-state index < -0.39 is 0 Å². The summed E-state index contributed by atoms with van der Waals surface area (Å²) in [5, 5.41) is 2.93.